The van der Waals surface area contributed by atoms with Gasteiger partial charge in [0.25, 0.3) is 0 Å². The molecule has 1 saturated carbocycles. The van der Waals surface area contributed by atoms with Crippen molar-refractivity contribution in [2.75, 3.05) is 30.5 Å². The first kappa shape index (κ1) is 23.8. The topological polar surface area (TPSA) is 67.7 Å². The first-order chi connectivity index (χ1) is 15.2. The molecule has 174 valence electrons. The SMILES string of the molecule is CCOC(=O)c1cn(-c2ccc(N(C)C)cc2)nc1N(C(=O)C1CCC(C)CC1)C(C)C. The number of hydrogen-bond donors (Lipinski definition) is 0. The molecule has 1 fully saturated rings. The molecule has 3 rings (SSSR count). The Labute approximate surface area is 191 Å². The number of aromatic nitrogens is 2. The van der Waals surface area contributed by atoms with E-state index in [1.807, 2.05) is 57.1 Å². The minimum absolute atomic E-state index is 0.0341. The highest BCUT2D eigenvalue weighted by atomic mass is 16.5. The van der Waals surface area contributed by atoms with E-state index in [1.165, 1.54) is 0 Å². The summed E-state index contributed by atoms with van der Waals surface area (Å²) in [6.07, 6.45) is 5.54. The number of carbonyl (C=O) groups excluding carboxylic acids is 2. The van der Waals surface area contributed by atoms with Crippen molar-refractivity contribution >= 4 is 23.4 Å². The molecule has 0 N–H and O–H groups in total. The van der Waals surface area contributed by atoms with Crippen molar-refractivity contribution in [2.45, 2.75) is 59.4 Å². The largest absolute Gasteiger partial charge is 0.462 e. The smallest absolute Gasteiger partial charge is 0.343 e. The third-order valence-electron chi connectivity index (χ3n) is 6.17. The monoisotopic (exact) mass is 440 g/mol. The summed E-state index contributed by atoms with van der Waals surface area (Å²) < 4.78 is 6.96. The predicted molar refractivity (Wildman–Crippen MR) is 128 cm³/mol. The summed E-state index contributed by atoms with van der Waals surface area (Å²) in [5, 5.41) is 4.72. The number of benzene rings is 1. The highest BCUT2D eigenvalue weighted by Gasteiger charge is 2.34. The Morgan fingerprint density at radius 1 is 1.12 bits per heavy atom. The standard InChI is InChI=1S/C25H36N4O3/c1-7-32-25(31)22-16-28(21-14-12-20(13-15-21)27(5)6)26-23(22)29(17(2)3)24(30)19-10-8-18(4)9-11-19/h12-19H,7-11H2,1-6H3. The van der Waals surface area contributed by atoms with E-state index >= 15 is 0 Å². The van der Waals surface area contributed by atoms with Crippen LogP contribution in [0.3, 0.4) is 0 Å². The van der Waals surface area contributed by atoms with Crippen LogP contribution in [0.25, 0.3) is 5.69 Å². The van der Waals surface area contributed by atoms with Gasteiger partial charge in [-0.2, -0.15) is 0 Å². The zero-order chi connectivity index (χ0) is 23.4. The summed E-state index contributed by atoms with van der Waals surface area (Å²) in [5.41, 5.74) is 2.20. The summed E-state index contributed by atoms with van der Waals surface area (Å²) in [6.45, 7) is 8.20. The van der Waals surface area contributed by atoms with Gasteiger partial charge in [-0.25, -0.2) is 9.48 Å². The molecular weight excluding hydrogens is 404 g/mol. The van der Waals surface area contributed by atoms with Gasteiger partial charge < -0.3 is 9.64 Å². The number of hydrogen-bond acceptors (Lipinski definition) is 5. The van der Waals surface area contributed by atoms with Gasteiger partial charge in [-0.3, -0.25) is 9.69 Å². The van der Waals surface area contributed by atoms with Crippen LogP contribution in [0.2, 0.25) is 0 Å². The zero-order valence-corrected chi connectivity index (χ0v) is 20.2. The minimum atomic E-state index is -0.464. The molecular formula is C25H36N4O3. The van der Waals surface area contributed by atoms with Gasteiger partial charge in [-0.1, -0.05) is 6.92 Å². The van der Waals surface area contributed by atoms with E-state index in [0.717, 1.165) is 37.1 Å². The van der Waals surface area contributed by atoms with Gasteiger partial charge in [0.15, 0.2) is 5.82 Å². The zero-order valence-electron chi connectivity index (χ0n) is 20.2. The third-order valence-corrected chi connectivity index (χ3v) is 6.17. The van der Waals surface area contributed by atoms with Crippen LogP contribution in [0.15, 0.2) is 30.5 Å². The Kier molecular flexibility index (Phi) is 7.59. The second kappa shape index (κ2) is 10.2. The van der Waals surface area contributed by atoms with Gasteiger partial charge in [0.05, 0.1) is 12.3 Å². The number of rotatable bonds is 7. The Hall–Kier alpha value is -2.83. The minimum Gasteiger partial charge on any atom is -0.462 e. The number of anilines is 2. The molecule has 0 bridgehead atoms. The maximum atomic E-state index is 13.6. The van der Waals surface area contributed by atoms with Crippen molar-refractivity contribution in [3.63, 3.8) is 0 Å². The van der Waals surface area contributed by atoms with E-state index in [1.54, 1.807) is 22.7 Å². The second-order valence-corrected chi connectivity index (χ2v) is 9.20. The van der Waals surface area contributed by atoms with Gasteiger partial charge in [0.1, 0.15) is 5.56 Å². The molecule has 7 heteroatoms. The number of amides is 1. The van der Waals surface area contributed by atoms with E-state index in [4.69, 9.17) is 9.84 Å². The van der Waals surface area contributed by atoms with Crippen LogP contribution in [-0.2, 0) is 9.53 Å². The van der Waals surface area contributed by atoms with Crippen molar-refractivity contribution in [3.8, 4) is 5.69 Å². The van der Waals surface area contributed by atoms with Crippen molar-refractivity contribution in [1.29, 1.82) is 0 Å². The fourth-order valence-electron chi connectivity index (χ4n) is 4.24. The lowest BCUT2D eigenvalue weighted by Crippen LogP contribution is -2.43. The Morgan fingerprint density at radius 3 is 2.28 bits per heavy atom. The average molecular weight is 441 g/mol. The van der Waals surface area contributed by atoms with Gasteiger partial charge in [-0.15, -0.1) is 5.10 Å². The van der Waals surface area contributed by atoms with E-state index in [2.05, 4.69) is 6.92 Å². The lowest BCUT2D eigenvalue weighted by molar-refractivity contribution is -0.123. The number of esters is 1. The Morgan fingerprint density at radius 2 is 1.75 bits per heavy atom. The van der Waals surface area contributed by atoms with Crippen LogP contribution in [0.5, 0.6) is 0 Å². The quantitative estimate of drug-likeness (QED) is 0.585. The molecule has 32 heavy (non-hydrogen) atoms. The molecule has 0 aliphatic heterocycles. The van der Waals surface area contributed by atoms with Gasteiger partial charge in [0, 0.05) is 37.9 Å². The molecule has 0 unspecified atom stereocenters. The highest BCUT2D eigenvalue weighted by molar-refractivity contribution is 6.02. The summed E-state index contributed by atoms with van der Waals surface area (Å²) in [5.74, 6) is 0.581. The maximum Gasteiger partial charge on any atom is 0.343 e. The normalized spacial score (nSPS) is 18.5. The van der Waals surface area contributed by atoms with Gasteiger partial charge in [0.2, 0.25) is 5.91 Å². The molecule has 1 heterocycles. The van der Waals surface area contributed by atoms with Crippen molar-refractivity contribution < 1.29 is 14.3 Å². The maximum absolute atomic E-state index is 13.6. The Balaban J connectivity index is 2.01. The van der Waals surface area contributed by atoms with Crippen LogP contribution in [0.4, 0.5) is 11.5 Å². The molecule has 7 nitrogen and oxygen atoms in total. The average Bonchev–Trinajstić information content (AvgIpc) is 3.19. The second-order valence-electron chi connectivity index (χ2n) is 9.20. The van der Waals surface area contributed by atoms with Gasteiger partial charge in [-0.05, 0) is 76.6 Å². The summed E-state index contributed by atoms with van der Waals surface area (Å²) >= 11 is 0. The van der Waals surface area contributed by atoms with Crippen molar-refractivity contribution in [3.05, 3.63) is 36.0 Å². The molecule has 1 aromatic heterocycles. The van der Waals surface area contributed by atoms with Crippen LogP contribution >= 0.6 is 0 Å². The number of nitrogens with zero attached hydrogens (tertiary/aromatic N) is 4. The van der Waals surface area contributed by atoms with Gasteiger partial charge >= 0.3 is 5.97 Å². The lowest BCUT2D eigenvalue weighted by Gasteiger charge is -2.32. The van der Waals surface area contributed by atoms with Crippen LogP contribution in [0, 0.1) is 11.8 Å². The lowest BCUT2D eigenvalue weighted by atomic mass is 9.82. The summed E-state index contributed by atoms with van der Waals surface area (Å²) in [7, 11) is 3.97. The van der Waals surface area contributed by atoms with Crippen LogP contribution in [-0.4, -0.2) is 48.4 Å². The Bertz CT molecular complexity index is 925. The molecule has 0 spiro atoms. The number of carbonyl (C=O) groups is 2. The molecule has 1 aromatic carbocycles. The first-order valence-corrected chi connectivity index (χ1v) is 11.6. The summed E-state index contributed by atoms with van der Waals surface area (Å²) in [4.78, 5) is 30.1. The summed E-state index contributed by atoms with van der Waals surface area (Å²) in [6, 6.07) is 7.76. The molecule has 1 aliphatic rings. The van der Waals surface area contributed by atoms with Crippen LogP contribution in [0.1, 0.15) is 63.7 Å². The number of ether oxygens (including phenoxy) is 1. The first-order valence-electron chi connectivity index (χ1n) is 11.6. The van der Waals surface area contributed by atoms with Crippen LogP contribution < -0.4 is 9.80 Å². The molecule has 2 aromatic rings. The fourth-order valence-corrected chi connectivity index (χ4v) is 4.24. The van der Waals surface area contributed by atoms with E-state index in [9.17, 15) is 9.59 Å². The molecule has 1 aliphatic carbocycles. The molecule has 1 amide bonds. The highest BCUT2D eigenvalue weighted by Crippen LogP contribution is 2.33. The van der Waals surface area contributed by atoms with E-state index in [-0.39, 0.29) is 24.5 Å². The van der Waals surface area contributed by atoms with Crippen molar-refractivity contribution in [1.82, 2.24) is 9.78 Å². The third kappa shape index (κ3) is 5.14. The fraction of sp³-hybridized carbons (Fsp3) is 0.560. The van der Waals surface area contributed by atoms with E-state index in [0.29, 0.717) is 17.3 Å². The molecule has 0 radical (unpaired) electrons. The predicted octanol–water partition coefficient (Wildman–Crippen LogP) is 4.68. The van der Waals surface area contributed by atoms with E-state index < -0.39 is 5.97 Å². The molecule has 0 atom stereocenters. The molecule has 0 saturated heterocycles. The van der Waals surface area contributed by atoms with Crippen molar-refractivity contribution in [2.24, 2.45) is 11.8 Å².